The van der Waals surface area contributed by atoms with Crippen molar-refractivity contribution in [1.82, 2.24) is 0 Å². The second-order valence-electron chi connectivity index (χ2n) is 12.3. The first-order valence-corrected chi connectivity index (χ1v) is 17.0. The summed E-state index contributed by atoms with van der Waals surface area (Å²) >= 11 is 0. The molecule has 0 amide bonds. The van der Waals surface area contributed by atoms with Crippen LogP contribution in [0, 0.1) is 0 Å². The maximum atomic E-state index is 10.5. The van der Waals surface area contributed by atoms with E-state index in [0.717, 1.165) is 99.1 Å². The Bertz CT molecular complexity index is 1540. The summed E-state index contributed by atoms with van der Waals surface area (Å²) in [6.45, 7) is 9.83. The molecule has 0 aromatic heterocycles. The molecule has 10 nitrogen and oxygen atoms in total. The maximum absolute atomic E-state index is 10.5. The summed E-state index contributed by atoms with van der Waals surface area (Å²) in [6.07, 6.45) is 4.47. The third-order valence-corrected chi connectivity index (χ3v) is 8.75. The van der Waals surface area contributed by atoms with E-state index in [9.17, 15) is 10.2 Å². The maximum Gasteiger partial charge on any atom is 0.145 e. The third kappa shape index (κ3) is 9.02. The van der Waals surface area contributed by atoms with E-state index in [1.54, 1.807) is 12.1 Å². The number of benzene rings is 4. The van der Waals surface area contributed by atoms with Crippen molar-refractivity contribution in [2.75, 3.05) is 73.0 Å². The van der Waals surface area contributed by atoms with E-state index in [-0.39, 0.29) is 11.5 Å². The molecule has 0 radical (unpaired) electrons. The summed E-state index contributed by atoms with van der Waals surface area (Å²) in [4.78, 5) is 9.02. The largest absolute Gasteiger partial charge is 0.506 e. The fraction of sp³-hybridized carbons (Fsp3) is 0.368. The smallest absolute Gasteiger partial charge is 0.145 e. The molecule has 0 saturated carbocycles. The Morgan fingerprint density at radius 2 is 0.917 bits per heavy atom. The first-order valence-electron chi connectivity index (χ1n) is 17.0. The fourth-order valence-corrected chi connectivity index (χ4v) is 5.62. The summed E-state index contributed by atoms with van der Waals surface area (Å²) in [5.74, 6) is 0.251. The molecule has 0 bridgehead atoms. The number of nitrogens with zero attached hydrogens (tertiary/aromatic N) is 8. The van der Waals surface area contributed by atoms with Gasteiger partial charge in [0.2, 0.25) is 0 Å². The molecule has 10 heteroatoms. The van der Waals surface area contributed by atoms with E-state index >= 15 is 0 Å². The lowest BCUT2D eigenvalue weighted by Gasteiger charge is -2.37. The van der Waals surface area contributed by atoms with Crippen LogP contribution in [0.2, 0.25) is 0 Å². The first kappa shape index (κ1) is 34.2. The van der Waals surface area contributed by atoms with Gasteiger partial charge < -0.3 is 29.8 Å². The average molecular weight is 649 g/mol. The first-order chi connectivity index (χ1) is 23.3. The number of anilines is 4. The van der Waals surface area contributed by atoms with Gasteiger partial charge in [-0.2, -0.15) is 10.2 Å². The normalized spacial score (nSPS) is 13.5. The van der Waals surface area contributed by atoms with Crippen LogP contribution in [-0.2, 0) is 0 Å². The Morgan fingerprint density at radius 1 is 0.542 bits per heavy atom. The quantitative estimate of drug-likeness (QED) is 0.132. The number of piperazine rings is 1. The second kappa shape index (κ2) is 16.6. The molecule has 4 aromatic rings. The van der Waals surface area contributed by atoms with Crippen molar-refractivity contribution in [1.29, 1.82) is 0 Å². The number of phenols is 2. The van der Waals surface area contributed by atoms with Gasteiger partial charge in [0.1, 0.15) is 22.9 Å². The van der Waals surface area contributed by atoms with Gasteiger partial charge in [0.15, 0.2) is 0 Å². The van der Waals surface area contributed by atoms with E-state index < -0.39 is 0 Å². The van der Waals surface area contributed by atoms with Crippen molar-refractivity contribution in [2.45, 2.75) is 39.5 Å². The minimum atomic E-state index is 0.125. The SMILES string of the molecule is CCCCN(C)c1ccc(/N=N/c2ccc(N3CCN(c4ccc(/N=N/c5ccc(N(C)CCCC)cc5O)cc4)CC3)cc2)c(O)c1. The fourth-order valence-electron chi connectivity index (χ4n) is 5.62. The molecule has 0 aliphatic carbocycles. The van der Waals surface area contributed by atoms with Crippen LogP contribution in [-0.4, -0.2) is 63.6 Å². The van der Waals surface area contributed by atoms with Gasteiger partial charge in [-0.15, -0.1) is 10.2 Å². The Balaban J connectivity index is 1.11. The molecular weight excluding hydrogens is 600 g/mol. The number of rotatable bonds is 14. The van der Waals surface area contributed by atoms with Crippen molar-refractivity contribution in [2.24, 2.45) is 20.5 Å². The van der Waals surface area contributed by atoms with Crippen LogP contribution in [0.4, 0.5) is 45.5 Å². The van der Waals surface area contributed by atoms with Crippen molar-refractivity contribution < 1.29 is 10.2 Å². The number of aromatic hydroxyl groups is 2. The zero-order valence-corrected chi connectivity index (χ0v) is 28.6. The minimum absolute atomic E-state index is 0.125. The van der Waals surface area contributed by atoms with Gasteiger partial charge in [0.05, 0.1) is 11.4 Å². The van der Waals surface area contributed by atoms with Gasteiger partial charge in [-0.3, -0.25) is 0 Å². The molecule has 1 saturated heterocycles. The topological polar surface area (TPSA) is 103 Å². The highest BCUT2D eigenvalue weighted by Gasteiger charge is 2.18. The summed E-state index contributed by atoms with van der Waals surface area (Å²) < 4.78 is 0. The van der Waals surface area contributed by atoms with E-state index in [0.29, 0.717) is 11.4 Å². The molecule has 1 aliphatic heterocycles. The number of unbranched alkanes of at least 4 members (excludes halogenated alkanes) is 2. The molecule has 252 valence electrons. The zero-order chi connectivity index (χ0) is 33.9. The van der Waals surface area contributed by atoms with Gasteiger partial charge >= 0.3 is 0 Å². The average Bonchev–Trinajstić information content (AvgIpc) is 3.12. The molecule has 1 heterocycles. The predicted molar refractivity (Wildman–Crippen MR) is 198 cm³/mol. The Kier molecular flexibility index (Phi) is 11.9. The third-order valence-electron chi connectivity index (χ3n) is 8.75. The van der Waals surface area contributed by atoms with Crippen LogP contribution in [0.3, 0.4) is 0 Å². The molecule has 2 N–H and O–H groups in total. The van der Waals surface area contributed by atoms with E-state index in [4.69, 9.17) is 0 Å². The van der Waals surface area contributed by atoms with Gasteiger partial charge in [-0.1, -0.05) is 26.7 Å². The second-order valence-corrected chi connectivity index (χ2v) is 12.3. The van der Waals surface area contributed by atoms with Gasteiger partial charge in [-0.25, -0.2) is 0 Å². The Morgan fingerprint density at radius 3 is 1.25 bits per heavy atom. The highest BCUT2D eigenvalue weighted by molar-refractivity contribution is 5.63. The summed E-state index contributed by atoms with van der Waals surface area (Å²) in [7, 11) is 4.06. The van der Waals surface area contributed by atoms with Crippen LogP contribution >= 0.6 is 0 Å². The van der Waals surface area contributed by atoms with Crippen molar-refractivity contribution in [3.05, 3.63) is 84.9 Å². The predicted octanol–water partition coefficient (Wildman–Crippen LogP) is 9.73. The molecule has 0 unspecified atom stereocenters. The lowest BCUT2D eigenvalue weighted by Crippen LogP contribution is -2.46. The molecular formula is C38H48N8O2. The van der Waals surface area contributed by atoms with Crippen LogP contribution in [0.25, 0.3) is 0 Å². The van der Waals surface area contributed by atoms with Crippen molar-refractivity contribution >= 4 is 45.5 Å². The Hall–Kier alpha value is -5.12. The van der Waals surface area contributed by atoms with Crippen LogP contribution in [0.1, 0.15) is 39.5 Å². The molecule has 5 rings (SSSR count). The zero-order valence-electron chi connectivity index (χ0n) is 28.6. The summed E-state index contributed by atoms with van der Waals surface area (Å²) in [5, 5.41) is 38.3. The van der Waals surface area contributed by atoms with E-state index in [1.165, 1.54) is 0 Å². The number of hydrogen-bond donors (Lipinski definition) is 2. The number of phenolic OH excluding ortho intramolecular Hbond substituents is 2. The number of azo groups is 2. The molecule has 0 spiro atoms. The van der Waals surface area contributed by atoms with Crippen LogP contribution in [0.15, 0.2) is 105 Å². The number of hydrogen-bond acceptors (Lipinski definition) is 10. The van der Waals surface area contributed by atoms with E-state index in [1.807, 2.05) is 62.6 Å². The van der Waals surface area contributed by atoms with Crippen molar-refractivity contribution in [3.8, 4) is 11.5 Å². The van der Waals surface area contributed by atoms with Crippen LogP contribution in [0.5, 0.6) is 11.5 Å². The lowest BCUT2D eigenvalue weighted by molar-refractivity contribution is 0.476. The molecule has 4 aromatic carbocycles. The Labute approximate surface area is 284 Å². The van der Waals surface area contributed by atoms with Gasteiger partial charge in [0.25, 0.3) is 0 Å². The van der Waals surface area contributed by atoms with Crippen LogP contribution < -0.4 is 19.6 Å². The van der Waals surface area contributed by atoms with Gasteiger partial charge in [0, 0.05) is 88.2 Å². The molecule has 48 heavy (non-hydrogen) atoms. The highest BCUT2D eigenvalue weighted by Crippen LogP contribution is 2.34. The monoisotopic (exact) mass is 648 g/mol. The lowest BCUT2D eigenvalue weighted by atomic mass is 10.2. The van der Waals surface area contributed by atoms with Gasteiger partial charge in [-0.05, 0) is 85.6 Å². The van der Waals surface area contributed by atoms with E-state index in [2.05, 4.69) is 78.2 Å². The summed E-state index contributed by atoms with van der Waals surface area (Å²) in [6, 6.07) is 27.2. The molecule has 1 fully saturated rings. The molecule has 0 atom stereocenters. The highest BCUT2D eigenvalue weighted by atomic mass is 16.3. The standard InChI is InChI=1S/C38H48N8O2/c1-5-7-21-43(3)33-17-19-35(37(47)27-33)41-39-29-9-13-31(14-10-29)45-23-25-46(26-24-45)32-15-11-30(12-16-32)40-42-36-20-18-34(28-38(36)48)44(4)22-8-6-2/h9-20,27-28,47-48H,5-8,21-26H2,1-4H3/b41-39+,42-40+. The van der Waals surface area contributed by atoms with Crippen molar-refractivity contribution in [3.63, 3.8) is 0 Å². The minimum Gasteiger partial charge on any atom is -0.506 e. The summed E-state index contributed by atoms with van der Waals surface area (Å²) in [5.41, 5.74) is 6.61. The molecule has 1 aliphatic rings.